The molecule has 0 amide bonds. The zero-order chi connectivity index (χ0) is 91.8. The van der Waals surface area contributed by atoms with Crippen LogP contribution in [0.5, 0.6) is 0 Å². The van der Waals surface area contributed by atoms with Crippen molar-refractivity contribution in [2.24, 2.45) is 0 Å². The van der Waals surface area contributed by atoms with Crippen LogP contribution in [0.4, 0.5) is 11.4 Å². The molecule has 138 heavy (non-hydrogen) atoms. The first kappa shape index (κ1) is 81.7. The van der Waals surface area contributed by atoms with E-state index in [1.807, 2.05) is 140 Å². The Morgan fingerprint density at radius 2 is 0.522 bits per heavy atom. The van der Waals surface area contributed by atoms with Crippen LogP contribution < -0.4 is 0 Å². The molecule has 0 aliphatic carbocycles. The summed E-state index contributed by atoms with van der Waals surface area (Å²) in [6, 6.07) is 153. The maximum absolute atomic E-state index is 9.60. The number of para-hydroxylation sites is 6. The van der Waals surface area contributed by atoms with Crippen LogP contribution in [0.15, 0.2) is 437 Å². The van der Waals surface area contributed by atoms with Gasteiger partial charge in [0.2, 0.25) is 0 Å². The standard InChI is InChI=1S/3C41H24N4S/c1-42-29-16-9-15-28(24-29)38-40-39(44-41(43-38)26-12-3-2-4-13-26)37-31(20-11-23-36(37)46-40)27-14-10-17-30(25-27)45-34-21-7-5-18-32(34)33-19-6-8-22-35(33)45;1-42-29-23-21-26(22-24-29)38-40-39(44-41(43-38)27-11-3-2-4-12-27)37-31(17-10-20-36(37)46-40)28-13-9-14-30(25-28)45-34-18-7-5-15-32(34)33-16-6-8-19-35(33)45;42-25-26-11-8-15-29(23-26)41-43-38(27-12-2-1-3-13-27)40-39(44-41)37-31(19-10-22-36(37)46-40)28-14-9-16-30(24-28)45-34-20-6-4-17-32(34)33-18-5-7-21-35(33)45/h2*2-25H;1-24H. The summed E-state index contributed by atoms with van der Waals surface area (Å²) >= 11 is 5.15. The van der Waals surface area contributed by atoms with Gasteiger partial charge in [0.15, 0.2) is 28.8 Å². The van der Waals surface area contributed by atoms with E-state index in [1.165, 1.54) is 65.4 Å². The third-order valence-corrected chi connectivity index (χ3v) is 29.3. The van der Waals surface area contributed by atoms with E-state index in [9.17, 15) is 5.26 Å². The lowest BCUT2D eigenvalue weighted by molar-refractivity contribution is 1.18. The fourth-order valence-corrected chi connectivity index (χ4v) is 23.3. The normalized spacial score (nSPS) is 11.5. The van der Waals surface area contributed by atoms with Gasteiger partial charge in [-0.05, 0) is 154 Å². The maximum atomic E-state index is 9.60. The van der Waals surface area contributed by atoms with E-state index in [4.69, 9.17) is 43.0 Å². The van der Waals surface area contributed by atoms with Gasteiger partial charge in [-0.3, -0.25) is 0 Å². The quantitative estimate of drug-likeness (QED) is 0.112. The topological polar surface area (TPSA) is 125 Å². The van der Waals surface area contributed by atoms with E-state index in [-0.39, 0.29) is 0 Å². The minimum Gasteiger partial charge on any atom is -0.309 e. The van der Waals surface area contributed by atoms with E-state index in [0.717, 1.165) is 162 Å². The molecule has 9 heterocycles. The molecule has 0 fully saturated rings. The Hall–Kier alpha value is -18.3. The molecule has 0 aliphatic heterocycles. The molecule has 15 heteroatoms. The second kappa shape index (κ2) is 34.4. The van der Waals surface area contributed by atoms with Gasteiger partial charge < -0.3 is 13.7 Å². The summed E-state index contributed by atoms with van der Waals surface area (Å²) in [5, 5.41) is 20.4. The predicted molar refractivity (Wildman–Crippen MR) is 574 cm³/mol. The molecule has 0 N–H and O–H groups in total. The first-order valence-corrected chi connectivity index (χ1v) is 47.8. The molecule has 27 aromatic rings. The third kappa shape index (κ3) is 14.2. The van der Waals surface area contributed by atoms with Crippen molar-refractivity contribution in [3.05, 3.63) is 465 Å². The van der Waals surface area contributed by atoms with Crippen LogP contribution in [0, 0.1) is 24.5 Å². The van der Waals surface area contributed by atoms with Gasteiger partial charge in [0, 0.05) is 102 Å². The van der Waals surface area contributed by atoms with Gasteiger partial charge in [0.1, 0.15) is 0 Å². The molecule has 0 unspecified atom stereocenters. The lowest BCUT2D eigenvalue weighted by atomic mass is 10.00. The van der Waals surface area contributed by atoms with Crippen molar-refractivity contribution in [3.8, 4) is 124 Å². The van der Waals surface area contributed by atoms with Crippen LogP contribution in [0.25, 0.3) is 254 Å². The lowest BCUT2D eigenvalue weighted by Crippen LogP contribution is -1.95. The Balaban J connectivity index is 0.000000110. The van der Waals surface area contributed by atoms with Gasteiger partial charge in [-0.1, -0.05) is 328 Å². The molecule has 0 aliphatic rings. The van der Waals surface area contributed by atoms with Gasteiger partial charge in [-0.25, -0.2) is 39.6 Å². The fraction of sp³-hybridized carbons (Fsp3) is 0. The molecule has 0 saturated heterocycles. The SMILES string of the molecule is N#Cc1cccc(-c2nc(-c3ccccc3)c3sc4cccc(-c5cccc(-n6c7ccccc7c7ccccc76)c5)c4c3n2)c1.[C-]#[N+]c1ccc(-c2nc(-c3ccccc3)nc3c2sc2cccc(-c4cccc(-n5c6ccccc6c6ccccc65)c4)c23)cc1.[C-]#[N+]c1cccc(-c2nc(-c3ccccc3)nc3c2sc2cccc(-c4cccc(-n5c6ccccc6c6ccccc65)c4)c23)c1. The highest BCUT2D eigenvalue weighted by Gasteiger charge is 2.27. The highest BCUT2D eigenvalue weighted by Crippen LogP contribution is 2.50. The molecule has 0 saturated carbocycles. The summed E-state index contributed by atoms with van der Waals surface area (Å²) in [6.45, 7) is 15.0. The highest BCUT2D eigenvalue weighted by atomic mass is 32.1. The van der Waals surface area contributed by atoms with E-state index in [2.05, 4.69) is 327 Å². The molecule has 9 aromatic heterocycles. The number of fused-ring (bicyclic) bond motifs is 18. The Morgan fingerprint density at radius 1 is 0.232 bits per heavy atom. The Morgan fingerprint density at radius 3 is 0.884 bits per heavy atom. The molecule has 0 bridgehead atoms. The Labute approximate surface area is 804 Å². The molecule has 18 aromatic carbocycles. The summed E-state index contributed by atoms with van der Waals surface area (Å²) in [7, 11) is 0. The number of nitriles is 1. The summed E-state index contributed by atoms with van der Waals surface area (Å²) in [6.07, 6.45) is 0. The summed E-state index contributed by atoms with van der Waals surface area (Å²) in [5.41, 5.74) is 30.1. The maximum Gasteiger partial charge on any atom is 0.187 e. The largest absolute Gasteiger partial charge is 0.309 e. The lowest BCUT2D eigenvalue weighted by Gasteiger charge is -2.11. The average Bonchev–Trinajstić information content (AvgIpc) is 1.57. The van der Waals surface area contributed by atoms with Crippen molar-refractivity contribution in [1.82, 2.24) is 43.6 Å². The molecule has 0 radical (unpaired) electrons. The molecule has 0 atom stereocenters. The van der Waals surface area contributed by atoms with Gasteiger partial charge in [-0.15, -0.1) is 34.0 Å². The second-order valence-corrected chi connectivity index (χ2v) is 37.1. The number of hydrogen-bond donors (Lipinski definition) is 0. The molecule has 27 rings (SSSR count). The van der Waals surface area contributed by atoms with Crippen LogP contribution in [0.3, 0.4) is 0 Å². The van der Waals surface area contributed by atoms with Crippen molar-refractivity contribution in [1.29, 1.82) is 5.26 Å². The summed E-state index contributed by atoms with van der Waals surface area (Å²) in [5.74, 6) is 1.97. The summed E-state index contributed by atoms with van der Waals surface area (Å²) in [4.78, 5) is 38.3. The van der Waals surface area contributed by atoms with Crippen molar-refractivity contribution in [2.75, 3.05) is 0 Å². The number of thiophene rings is 3. The molecule has 0 spiro atoms. The summed E-state index contributed by atoms with van der Waals surface area (Å²) < 4.78 is 13.6. The van der Waals surface area contributed by atoms with E-state index < -0.39 is 0 Å². The number of nitrogens with zero attached hydrogens (tertiary/aromatic N) is 12. The van der Waals surface area contributed by atoms with Gasteiger partial charge >= 0.3 is 0 Å². The smallest absolute Gasteiger partial charge is 0.187 e. The van der Waals surface area contributed by atoms with Crippen molar-refractivity contribution >= 4 is 172 Å². The first-order chi connectivity index (χ1) is 68.3. The molecular weight excluding hydrogens is 1740 g/mol. The number of hydrogen-bond acceptors (Lipinski definition) is 10. The van der Waals surface area contributed by atoms with Crippen LogP contribution in [0.1, 0.15) is 5.56 Å². The van der Waals surface area contributed by atoms with Crippen LogP contribution in [0.2, 0.25) is 0 Å². The van der Waals surface area contributed by atoms with Gasteiger partial charge in [0.25, 0.3) is 0 Å². The fourth-order valence-electron chi connectivity index (χ4n) is 19.7. The average molecular weight is 1810 g/mol. The van der Waals surface area contributed by atoms with Crippen molar-refractivity contribution < 1.29 is 0 Å². The van der Waals surface area contributed by atoms with Crippen LogP contribution in [-0.2, 0) is 0 Å². The first-order valence-electron chi connectivity index (χ1n) is 45.4. The van der Waals surface area contributed by atoms with Crippen molar-refractivity contribution in [2.45, 2.75) is 0 Å². The number of aromatic nitrogens is 9. The van der Waals surface area contributed by atoms with E-state index >= 15 is 0 Å². The van der Waals surface area contributed by atoms with Gasteiger partial charge in [-0.2, -0.15) is 5.26 Å². The second-order valence-electron chi connectivity index (χ2n) is 33.9. The van der Waals surface area contributed by atoms with Crippen LogP contribution >= 0.6 is 34.0 Å². The molecule has 642 valence electrons. The number of rotatable bonds is 12. The van der Waals surface area contributed by atoms with E-state index in [1.54, 1.807) is 34.0 Å². The minimum atomic E-state index is 0.584. The third-order valence-electron chi connectivity index (χ3n) is 25.9. The predicted octanol–water partition coefficient (Wildman–Crippen LogP) is 33.8. The minimum absolute atomic E-state index is 0.584. The Kier molecular flexibility index (Phi) is 20.4. The number of benzene rings is 18. The monoisotopic (exact) mass is 1810 g/mol. The van der Waals surface area contributed by atoms with Gasteiger partial charge in [0.05, 0.1) is 106 Å². The highest BCUT2D eigenvalue weighted by molar-refractivity contribution is 7.27. The molecule has 12 nitrogen and oxygen atoms in total. The van der Waals surface area contributed by atoms with E-state index in [0.29, 0.717) is 34.4 Å². The molecular formula is C123H72N12S3. The van der Waals surface area contributed by atoms with Crippen LogP contribution in [-0.4, -0.2) is 43.6 Å². The Bertz CT molecular complexity index is 9390. The zero-order valence-electron chi connectivity index (χ0n) is 73.7. The zero-order valence-corrected chi connectivity index (χ0v) is 76.1. The van der Waals surface area contributed by atoms with Crippen molar-refractivity contribution in [3.63, 3.8) is 0 Å².